The Hall–Kier alpha value is -1.67. The predicted molar refractivity (Wildman–Crippen MR) is 131 cm³/mol. The van der Waals surface area contributed by atoms with Crippen LogP contribution in [0, 0.1) is 11.6 Å². The number of hydrogen-bond donors (Lipinski definition) is 1. The summed E-state index contributed by atoms with van der Waals surface area (Å²) in [7, 11) is -2.23. The molecular weight excluding hydrogens is 438 g/mol. The van der Waals surface area contributed by atoms with Crippen LogP contribution in [0.1, 0.15) is 65.1 Å². The second kappa shape index (κ2) is 9.17. The van der Waals surface area contributed by atoms with E-state index in [2.05, 4.69) is 33.9 Å². The third-order valence-corrected chi connectivity index (χ3v) is 11.8. The van der Waals surface area contributed by atoms with Crippen molar-refractivity contribution in [3.8, 4) is 11.3 Å². The number of nitrogens with zero attached hydrogens (tertiary/aromatic N) is 1. The van der Waals surface area contributed by atoms with Crippen LogP contribution in [0.5, 0.6) is 0 Å². The van der Waals surface area contributed by atoms with Crippen molar-refractivity contribution in [1.82, 2.24) is 4.98 Å². The molecule has 1 aliphatic rings. The Labute approximate surface area is 198 Å². The fourth-order valence-corrected chi connectivity index (χ4v) is 5.86. The average Bonchev–Trinajstić information content (AvgIpc) is 2.73. The van der Waals surface area contributed by atoms with Gasteiger partial charge in [0.1, 0.15) is 17.1 Å². The number of rotatable bonds is 6. The Morgan fingerprint density at radius 2 is 1.73 bits per heavy atom. The summed E-state index contributed by atoms with van der Waals surface area (Å²) in [6.45, 7) is 15.4. The molecule has 3 rings (SSSR count). The molecule has 0 bridgehead atoms. The molecule has 2 heterocycles. The maximum absolute atomic E-state index is 16.1. The van der Waals surface area contributed by atoms with Crippen molar-refractivity contribution in [1.29, 1.82) is 0 Å². The number of pyridine rings is 1. The predicted octanol–water partition coefficient (Wildman–Crippen LogP) is 6.64. The van der Waals surface area contributed by atoms with Crippen LogP contribution in [0.15, 0.2) is 30.3 Å². The quantitative estimate of drug-likeness (QED) is 0.475. The molecule has 1 aromatic carbocycles. The van der Waals surface area contributed by atoms with E-state index in [-0.39, 0.29) is 23.1 Å². The van der Waals surface area contributed by atoms with Gasteiger partial charge in [0.25, 0.3) is 0 Å². The number of ether oxygens (including phenoxy) is 1. The minimum Gasteiger partial charge on any atom is -0.408 e. The molecular formula is C26H38F2N2O2Si. The van der Waals surface area contributed by atoms with Gasteiger partial charge in [0.15, 0.2) is 14.1 Å². The van der Waals surface area contributed by atoms with Gasteiger partial charge >= 0.3 is 0 Å². The van der Waals surface area contributed by atoms with E-state index < -0.39 is 25.3 Å². The van der Waals surface area contributed by atoms with E-state index in [9.17, 15) is 4.39 Å². The van der Waals surface area contributed by atoms with Crippen LogP contribution in [-0.4, -0.2) is 26.5 Å². The zero-order valence-electron chi connectivity index (χ0n) is 21.0. The summed E-state index contributed by atoms with van der Waals surface area (Å²) in [4.78, 5) is 4.71. The van der Waals surface area contributed by atoms with E-state index in [0.29, 0.717) is 29.8 Å². The second-order valence-corrected chi connectivity index (χ2v) is 15.8. The Kier molecular flexibility index (Phi) is 7.21. The van der Waals surface area contributed by atoms with E-state index in [0.717, 1.165) is 12.8 Å². The maximum atomic E-state index is 16.1. The fraction of sp³-hybridized carbons (Fsp3) is 0.577. The third kappa shape index (κ3) is 5.21. The lowest BCUT2D eigenvalue weighted by Gasteiger charge is -2.43. The van der Waals surface area contributed by atoms with E-state index in [1.165, 1.54) is 12.1 Å². The van der Waals surface area contributed by atoms with Gasteiger partial charge in [0, 0.05) is 24.3 Å². The van der Waals surface area contributed by atoms with Crippen LogP contribution in [0.2, 0.25) is 18.1 Å². The first kappa shape index (κ1) is 25.9. The van der Waals surface area contributed by atoms with E-state index in [4.69, 9.17) is 19.9 Å². The van der Waals surface area contributed by atoms with Gasteiger partial charge in [0.2, 0.25) is 0 Å². The summed E-state index contributed by atoms with van der Waals surface area (Å²) >= 11 is 0. The minimum absolute atomic E-state index is 0.0403. The SMILES string of the molecule is CC(C)(O[Si](C)(C)C(C)(C)C)c1cc(C2(CN)CCCCO2)nc(-c2ccc(F)cc2)c1F. The molecule has 1 aliphatic heterocycles. The van der Waals surface area contributed by atoms with Gasteiger partial charge in [-0.15, -0.1) is 0 Å². The van der Waals surface area contributed by atoms with Crippen molar-refractivity contribution < 1.29 is 17.9 Å². The van der Waals surface area contributed by atoms with E-state index in [1.807, 2.05) is 13.8 Å². The summed E-state index contributed by atoms with van der Waals surface area (Å²) in [5.41, 5.74) is 6.20. The normalized spacial score (nSPS) is 20.2. The highest BCUT2D eigenvalue weighted by molar-refractivity contribution is 6.74. The summed E-state index contributed by atoms with van der Waals surface area (Å²) < 4.78 is 42.6. The van der Waals surface area contributed by atoms with Crippen LogP contribution in [-0.2, 0) is 20.4 Å². The standard InChI is InChI=1S/C26H38F2N2O2Si/c1-24(2,3)33(6,7)32-25(4,5)20-16-21(26(17-29)14-8-9-15-31-26)30-23(22(20)28)18-10-12-19(27)13-11-18/h10-13,16H,8-9,14-15,17,29H2,1-7H3. The highest BCUT2D eigenvalue weighted by atomic mass is 28.4. The molecule has 0 saturated carbocycles. The maximum Gasteiger partial charge on any atom is 0.193 e. The zero-order valence-corrected chi connectivity index (χ0v) is 22.0. The van der Waals surface area contributed by atoms with Crippen LogP contribution in [0.4, 0.5) is 8.78 Å². The number of hydrogen-bond acceptors (Lipinski definition) is 4. The number of aromatic nitrogens is 1. The molecule has 1 unspecified atom stereocenters. The van der Waals surface area contributed by atoms with Crippen molar-refractivity contribution in [2.75, 3.05) is 13.2 Å². The van der Waals surface area contributed by atoms with Crippen LogP contribution in [0.25, 0.3) is 11.3 Å². The molecule has 0 spiro atoms. The van der Waals surface area contributed by atoms with Crippen molar-refractivity contribution in [2.24, 2.45) is 5.73 Å². The monoisotopic (exact) mass is 476 g/mol. The smallest absolute Gasteiger partial charge is 0.193 e. The van der Waals surface area contributed by atoms with Crippen molar-refractivity contribution in [2.45, 2.75) is 83.2 Å². The van der Waals surface area contributed by atoms with Gasteiger partial charge in [-0.2, -0.15) is 0 Å². The third-order valence-electron chi connectivity index (χ3n) is 7.19. The van der Waals surface area contributed by atoms with Gasteiger partial charge in [0.05, 0.1) is 11.3 Å². The number of halogens is 2. The Bertz CT molecular complexity index is 979. The molecule has 0 radical (unpaired) electrons. The lowest BCUT2D eigenvalue weighted by molar-refractivity contribution is -0.0800. The topological polar surface area (TPSA) is 57.4 Å². The highest BCUT2D eigenvalue weighted by Gasteiger charge is 2.44. The summed E-state index contributed by atoms with van der Waals surface area (Å²) in [5, 5.41) is -0.0403. The van der Waals surface area contributed by atoms with E-state index in [1.54, 1.807) is 18.2 Å². The molecule has 2 aromatic rings. The Morgan fingerprint density at radius 3 is 2.24 bits per heavy atom. The fourth-order valence-electron chi connectivity index (χ4n) is 4.17. The molecule has 7 heteroatoms. The summed E-state index contributed by atoms with van der Waals surface area (Å²) in [6, 6.07) is 7.50. The van der Waals surface area contributed by atoms with Crippen LogP contribution in [0.3, 0.4) is 0 Å². The van der Waals surface area contributed by atoms with Gasteiger partial charge in [-0.1, -0.05) is 20.8 Å². The van der Waals surface area contributed by atoms with E-state index >= 15 is 4.39 Å². The molecule has 1 saturated heterocycles. The first-order valence-electron chi connectivity index (χ1n) is 11.7. The largest absolute Gasteiger partial charge is 0.408 e. The van der Waals surface area contributed by atoms with Gasteiger partial charge in [-0.05, 0) is 81.6 Å². The van der Waals surface area contributed by atoms with Crippen molar-refractivity contribution >= 4 is 8.32 Å². The molecule has 0 amide bonds. The van der Waals surface area contributed by atoms with Gasteiger partial charge in [-0.3, -0.25) is 0 Å². The molecule has 33 heavy (non-hydrogen) atoms. The number of nitrogens with two attached hydrogens (primary N) is 1. The molecule has 182 valence electrons. The van der Waals surface area contributed by atoms with Crippen LogP contribution >= 0.6 is 0 Å². The van der Waals surface area contributed by atoms with Gasteiger partial charge in [-0.25, -0.2) is 13.8 Å². The summed E-state index contributed by atoms with van der Waals surface area (Å²) in [6.07, 6.45) is 2.63. The molecule has 1 atom stereocenters. The first-order valence-corrected chi connectivity index (χ1v) is 14.6. The number of benzene rings is 1. The molecule has 1 fully saturated rings. The molecule has 2 N–H and O–H groups in total. The molecule has 0 aliphatic carbocycles. The minimum atomic E-state index is -2.23. The van der Waals surface area contributed by atoms with Crippen molar-refractivity contribution in [3.63, 3.8) is 0 Å². The van der Waals surface area contributed by atoms with Crippen LogP contribution < -0.4 is 5.73 Å². The zero-order chi connectivity index (χ0) is 24.7. The first-order chi connectivity index (χ1) is 15.2. The Balaban J connectivity index is 2.22. The lowest BCUT2D eigenvalue weighted by atomic mass is 9.86. The summed E-state index contributed by atoms with van der Waals surface area (Å²) in [5.74, 6) is -0.844. The molecule has 1 aromatic heterocycles. The second-order valence-electron chi connectivity index (χ2n) is 11.1. The molecule has 4 nitrogen and oxygen atoms in total. The highest BCUT2D eigenvalue weighted by Crippen LogP contribution is 2.44. The Morgan fingerprint density at radius 1 is 1.09 bits per heavy atom. The average molecular weight is 477 g/mol. The lowest BCUT2D eigenvalue weighted by Crippen LogP contribution is -2.47. The van der Waals surface area contributed by atoms with Gasteiger partial charge < -0.3 is 14.9 Å². The van der Waals surface area contributed by atoms with Crippen molar-refractivity contribution in [3.05, 3.63) is 53.2 Å².